The van der Waals surface area contributed by atoms with Crippen LogP contribution in [0, 0.1) is 0 Å². The normalized spacial score (nSPS) is 30.8. The molecule has 142 valence electrons. The van der Waals surface area contributed by atoms with E-state index in [0.29, 0.717) is 19.5 Å². The van der Waals surface area contributed by atoms with E-state index in [2.05, 4.69) is 34.1 Å². The summed E-state index contributed by atoms with van der Waals surface area (Å²) in [6.45, 7) is 7.82. The van der Waals surface area contributed by atoms with Gasteiger partial charge in [-0.2, -0.15) is 0 Å². The van der Waals surface area contributed by atoms with Crippen molar-refractivity contribution in [1.29, 1.82) is 0 Å². The first-order chi connectivity index (χ1) is 12.0. The standard InChI is InChI=1S/C18H33N5O2/c1-20-8-3-9-22(12-10-20)14-17(25)23-13-11-21(2)18(15-23)5-4-16(24)19-7-6-18/h3-15H2,1-2H3,(H,19,24). The van der Waals surface area contributed by atoms with E-state index in [1.54, 1.807) is 0 Å². The highest BCUT2D eigenvalue weighted by molar-refractivity contribution is 5.79. The fourth-order valence-corrected chi connectivity index (χ4v) is 4.36. The Morgan fingerprint density at radius 2 is 1.92 bits per heavy atom. The summed E-state index contributed by atoms with van der Waals surface area (Å²) in [4.78, 5) is 33.7. The number of carbonyl (C=O) groups excluding carboxylic acids is 2. The van der Waals surface area contributed by atoms with Crippen LogP contribution in [0.1, 0.15) is 25.7 Å². The molecule has 1 atom stereocenters. The SMILES string of the molecule is CN1CCCN(CC(=O)N2CCN(C)C3(CCNC(=O)CC3)C2)CC1. The summed E-state index contributed by atoms with van der Waals surface area (Å²) < 4.78 is 0. The molecule has 3 heterocycles. The number of hydrogen-bond acceptors (Lipinski definition) is 5. The van der Waals surface area contributed by atoms with Gasteiger partial charge >= 0.3 is 0 Å². The molecule has 7 nitrogen and oxygen atoms in total. The lowest BCUT2D eigenvalue weighted by Crippen LogP contribution is -2.63. The summed E-state index contributed by atoms with van der Waals surface area (Å²) >= 11 is 0. The molecule has 1 spiro atoms. The van der Waals surface area contributed by atoms with E-state index in [0.717, 1.165) is 65.1 Å². The summed E-state index contributed by atoms with van der Waals surface area (Å²) in [7, 11) is 4.29. The van der Waals surface area contributed by atoms with Crippen molar-refractivity contribution in [2.24, 2.45) is 0 Å². The van der Waals surface area contributed by atoms with Crippen LogP contribution in [-0.4, -0.2) is 110 Å². The van der Waals surface area contributed by atoms with Gasteiger partial charge < -0.3 is 15.1 Å². The summed E-state index contributed by atoms with van der Waals surface area (Å²) in [5, 5.41) is 2.98. The third-order valence-corrected chi connectivity index (χ3v) is 6.25. The van der Waals surface area contributed by atoms with Crippen LogP contribution >= 0.6 is 0 Å². The van der Waals surface area contributed by atoms with Gasteiger partial charge in [0.15, 0.2) is 0 Å². The molecule has 3 fully saturated rings. The average Bonchev–Trinajstić information content (AvgIpc) is 2.90. The molecule has 0 bridgehead atoms. The molecule has 3 aliphatic heterocycles. The van der Waals surface area contributed by atoms with Gasteiger partial charge in [-0.05, 0) is 46.4 Å². The van der Waals surface area contributed by atoms with Crippen molar-refractivity contribution >= 4 is 11.8 Å². The number of carbonyl (C=O) groups is 2. The lowest BCUT2D eigenvalue weighted by Gasteiger charge is -2.49. The molecule has 3 rings (SSSR count). The van der Waals surface area contributed by atoms with Crippen LogP contribution in [0.25, 0.3) is 0 Å². The highest BCUT2D eigenvalue weighted by atomic mass is 16.2. The molecule has 0 aromatic heterocycles. The fraction of sp³-hybridized carbons (Fsp3) is 0.889. The Hall–Kier alpha value is -1.18. The van der Waals surface area contributed by atoms with Crippen LogP contribution in [-0.2, 0) is 9.59 Å². The second kappa shape index (κ2) is 8.01. The molecule has 7 heteroatoms. The Kier molecular flexibility index (Phi) is 5.96. The number of hydrogen-bond donors (Lipinski definition) is 1. The molecule has 25 heavy (non-hydrogen) atoms. The smallest absolute Gasteiger partial charge is 0.236 e. The Morgan fingerprint density at radius 1 is 1.08 bits per heavy atom. The Morgan fingerprint density at radius 3 is 2.76 bits per heavy atom. The Balaban J connectivity index is 1.60. The second-order valence-corrected chi connectivity index (χ2v) is 7.99. The molecule has 0 aromatic rings. The van der Waals surface area contributed by atoms with Crippen LogP contribution < -0.4 is 5.32 Å². The van der Waals surface area contributed by atoms with Crippen molar-refractivity contribution in [3.05, 3.63) is 0 Å². The van der Waals surface area contributed by atoms with Gasteiger partial charge in [-0.15, -0.1) is 0 Å². The fourth-order valence-electron chi connectivity index (χ4n) is 4.36. The minimum absolute atomic E-state index is 0.0495. The molecule has 1 N–H and O–H groups in total. The van der Waals surface area contributed by atoms with Gasteiger partial charge in [0.1, 0.15) is 0 Å². The molecule has 1 unspecified atom stereocenters. The van der Waals surface area contributed by atoms with Crippen LogP contribution in [0.15, 0.2) is 0 Å². The molecule has 0 radical (unpaired) electrons. The number of nitrogens with one attached hydrogen (secondary N) is 1. The van der Waals surface area contributed by atoms with E-state index in [4.69, 9.17) is 0 Å². The van der Waals surface area contributed by atoms with Gasteiger partial charge in [0.25, 0.3) is 0 Å². The van der Waals surface area contributed by atoms with E-state index in [-0.39, 0.29) is 17.4 Å². The van der Waals surface area contributed by atoms with Crippen molar-refractivity contribution in [3.8, 4) is 0 Å². The molecular weight excluding hydrogens is 318 g/mol. The summed E-state index contributed by atoms with van der Waals surface area (Å²) in [6, 6.07) is 0. The highest BCUT2D eigenvalue weighted by Crippen LogP contribution is 2.30. The summed E-state index contributed by atoms with van der Waals surface area (Å²) in [6.07, 6.45) is 3.45. The highest BCUT2D eigenvalue weighted by Gasteiger charge is 2.42. The Labute approximate surface area is 151 Å². The van der Waals surface area contributed by atoms with E-state index in [1.165, 1.54) is 0 Å². The van der Waals surface area contributed by atoms with Crippen molar-refractivity contribution in [2.45, 2.75) is 31.2 Å². The topological polar surface area (TPSA) is 59.1 Å². The zero-order chi connectivity index (χ0) is 17.9. The van der Waals surface area contributed by atoms with Gasteiger partial charge in [0, 0.05) is 51.2 Å². The van der Waals surface area contributed by atoms with Crippen molar-refractivity contribution < 1.29 is 9.59 Å². The minimum Gasteiger partial charge on any atom is -0.356 e. The molecule has 3 aliphatic rings. The summed E-state index contributed by atoms with van der Waals surface area (Å²) in [5.41, 5.74) is -0.0495. The second-order valence-electron chi connectivity index (χ2n) is 7.99. The van der Waals surface area contributed by atoms with Gasteiger partial charge in [-0.3, -0.25) is 19.4 Å². The van der Waals surface area contributed by atoms with E-state index in [1.807, 2.05) is 4.90 Å². The molecule has 3 saturated heterocycles. The largest absolute Gasteiger partial charge is 0.356 e. The third-order valence-electron chi connectivity index (χ3n) is 6.25. The third kappa shape index (κ3) is 4.51. The van der Waals surface area contributed by atoms with Gasteiger partial charge in [0.2, 0.25) is 11.8 Å². The number of likely N-dealkylation sites (N-methyl/N-ethyl adjacent to an activating group) is 2. The zero-order valence-electron chi connectivity index (χ0n) is 15.8. The van der Waals surface area contributed by atoms with Crippen molar-refractivity contribution in [1.82, 2.24) is 24.9 Å². The van der Waals surface area contributed by atoms with E-state index < -0.39 is 0 Å². The predicted octanol–water partition coefficient (Wildman–Crippen LogP) is -0.563. The minimum atomic E-state index is -0.0495. The van der Waals surface area contributed by atoms with Crippen LogP contribution in [0.4, 0.5) is 0 Å². The molecule has 2 amide bonds. The lowest BCUT2D eigenvalue weighted by molar-refractivity contribution is -0.138. The maximum atomic E-state index is 12.9. The molecule has 0 aliphatic carbocycles. The predicted molar refractivity (Wildman–Crippen MR) is 97.4 cm³/mol. The first kappa shape index (κ1) is 18.6. The van der Waals surface area contributed by atoms with Crippen LogP contribution in [0.3, 0.4) is 0 Å². The van der Waals surface area contributed by atoms with Gasteiger partial charge in [-0.1, -0.05) is 0 Å². The monoisotopic (exact) mass is 351 g/mol. The lowest BCUT2D eigenvalue weighted by atomic mass is 9.86. The maximum Gasteiger partial charge on any atom is 0.236 e. The van der Waals surface area contributed by atoms with Crippen LogP contribution in [0.5, 0.6) is 0 Å². The number of rotatable bonds is 2. The first-order valence-corrected chi connectivity index (χ1v) is 9.65. The molecule has 0 saturated carbocycles. The molecule has 0 aromatic carbocycles. The molecular formula is C18H33N5O2. The van der Waals surface area contributed by atoms with Crippen molar-refractivity contribution in [2.75, 3.05) is 73.0 Å². The average molecular weight is 351 g/mol. The Bertz CT molecular complexity index is 500. The first-order valence-electron chi connectivity index (χ1n) is 9.65. The van der Waals surface area contributed by atoms with E-state index in [9.17, 15) is 9.59 Å². The zero-order valence-corrected chi connectivity index (χ0v) is 15.8. The van der Waals surface area contributed by atoms with Gasteiger partial charge in [-0.25, -0.2) is 0 Å². The summed E-state index contributed by atoms with van der Waals surface area (Å²) in [5.74, 6) is 0.392. The van der Waals surface area contributed by atoms with Gasteiger partial charge in [0.05, 0.1) is 6.54 Å². The van der Waals surface area contributed by atoms with Crippen molar-refractivity contribution in [3.63, 3.8) is 0 Å². The maximum absolute atomic E-state index is 12.9. The quantitative estimate of drug-likeness (QED) is 0.723. The number of piperazine rings is 1. The number of amides is 2. The van der Waals surface area contributed by atoms with Crippen LogP contribution in [0.2, 0.25) is 0 Å². The number of nitrogens with zero attached hydrogens (tertiary/aromatic N) is 4. The van der Waals surface area contributed by atoms with E-state index >= 15 is 0 Å².